The SMILES string of the molecule is COc1ccc(N2CCN([C@H](c3cc(OC)ccc3OC)c3nnnn3CCC(C)C)CC2)cc1. The van der Waals surface area contributed by atoms with Crippen LogP contribution in [-0.4, -0.2) is 72.6 Å². The van der Waals surface area contributed by atoms with Crippen LogP contribution < -0.4 is 19.1 Å². The van der Waals surface area contributed by atoms with Gasteiger partial charge in [0.25, 0.3) is 0 Å². The zero-order valence-electron chi connectivity index (χ0n) is 21.3. The van der Waals surface area contributed by atoms with Gasteiger partial charge in [-0.3, -0.25) is 4.90 Å². The van der Waals surface area contributed by atoms with Crippen LogP contribution in [-0.2, 0) is 6.54 Å². The zero-order chi connectivity index (χ0) is 24.8. The summed E-state index contributed by atoms with van der Waals surface area (Å²) in [5.41, 5.74) is 2.20. The van der Waals surface area contributed by atoms with Crippen molar-refractivity contribution in [1.29, 1.82) is 0 Å². The van der Waals surface area contributed by atoms with Crippen molar-refractivity contribution in [3.8, 4) is 17.2 Å². The van der Waals surface area contributed by atoms with Crippen LogP contribution in [0.5, 0.6) is 17.2 Å². The number of aromatic nitrogens is 4. The molecule has 9 heteroatoms. The molecule has 1 aromatic heterocycles. The van der Waals surface area contributed by atoms with Crippen molar-refractivity contribution in [3.63, 3.8) is 0 Å². The van der Waals surface area contributed by atoms with Crippen molar-refractivity contribution in [2.45, 2.75) is 32.9 Å². The summed E-state index contributed by atoms with van der Waals surface area (Å²) in [7, 11) is 5.07. The van der Waals surface area contributed by atoms with E-state index in [1.165, 1.54) is 5.69 Å². The molecule has 1 aliphatic heterocycles. The van der Waals surface area contributed by atoms with E-state index in [9.17, 15) is 0 Å². The van der Waals surface area contributed by atoms with Crippen LogP contribution in [0.1, 0.15) is 37.7 Å². The van der Waals surface area contributed by atoms with Crippen molar-refractivity contribution in [2.24, 2.45) is 5.92 Å². The molecule has 1 aliphatic rings. The van der Waals surface area contributed by atoms with E-state index in [-0.39, 0.29) is 6.04 Å². The highest BCUT2D eigenvalue weighted by Gasteiger charge is 2.33. The van der Waals surface area contributed by atoms with Crippen molar-refractivity contribution < 1.29 is 14.2 Å². The number of methoxy groups -OCH3 is 3. The molecule has 9 nitrogen and oxygen atoms in total. The molecule has 2 heterocycles. The number of ether oxygens (including phenoxy) is 3. The predicted molar refractivity (Wildman–Crippen MR) is 135 cm³/mol. The maximum absolute atomic E-state index is 5.78. The predicted octanol–water partition coefficient (Wildman–Crippen LogP) is 3.66. The average molecular weight is 481 g/mol. The van der Waals surface area contributed by atoms with Crippen LogP contribution in [0.25, 0.3) is 0 Å². The van der Waals surface area contributed by atoms with Crippen LogP contribution in [0.15, 0.2) is 42.5 Å². The average Bonchev–Trinajstić information content (AvgIpc) is 3.36. The molecule has 1 atom stereocenters. The second-order valence-corrected chi connectivity index (χ2v) is 9.17. The Balaban J connectivity index is 1.64. The fraction of sp³-hybridized carbons (Fsp3) is 0.500. The first-order valence-corrected chi connectivity index (χ1v) is 12.1. The lowest BCUT2D eigenvalue weighted by molar-refractivity contribution is 0.196. The van der Waals surface area contributed by atoms with Crippen LogP contribution in [0.3, 0.4) is 0 Å². The van der Waals surface area contributed by atoms with E-state index in [2.05, 4.69) is 51.3 Å². The first kappa shape index (κ1) is 24.8. The first-order chi connectivity index (χ1) is 17.0. The topological polar surface area (TPSA) is 77.8 Å². The van der Waals surface area contributed by atoms with Crippen molar-refractivity contribution >= 4 is 5.69 Å². The molecule has 4 rings (SSSR count). The standard InChI is InChI=1S/C26H36N6O3/c1-19(2)12-13-32-26(27-28-29-32)25(23-18-22(34-4)10-11-24(23)35-5)31-16-14-30(15-17-31)20-6-8-21(33-3)9-7-20/h6-11,18-19,25H,12-17H2,1-5H3/t25-/m1/s1. The molecule has 0 bridgehead atoms. The van der Waals surface area contributed by atoms with Gasteiger partial charge in [-0.05, 0) is 65.2 Å². The van der Waals surface area contributed by atoms with Crippen LogP contribution in [0.2, 0.25) is 0 Å². The van der Waals surface area contributed by atoms with Gasteiger partial charge in [0.1, 0.15) is 23.3 Å². The largest absolute Gasteiger partial charge is 0.497 e. The van der Waals surface area contributed by atoms with Gasteiger partial charge < -0.3 is 19.1 Å². The Morgan fingerprint density at radius 3 is 2.17 bits per heavy atom. The number of aryl methyl sites for hydroxylation is 1. The Kier molecular flexibility index (Phi) is 8.07. The van der Waals surface area contributed by atoms with Gasteiger partial charge in [-0.25, -0.2) is 4.68 Å². The summed E-state index contributed by atoms with van der Waals surface area (Å²) in [5, 5.41) is 12.9. The van der Waals surface area contributed by atoms with E-state index in [1.807, 2.05) is 35.0 Å². The van der Waals surface area contributed by atoms with Gasteiger partial charge in [0, 0.05) is 44.0 Å². The molecule has 1 fully saturated rings. The molecular formula is C26H36N6O3. The quantitative estimate of drug-likeness (QED) is 0.435. The van der Waals surface area contributed by atoms with Gasteiger partial charge in [0.15, 0.2) is 5.82 Å². The Morgan fingerprint density at radius 1 is 0.857 bits per heavy atom. The first-order valence-electron chi connectivity index (χ1n) is 12.1. The van der Waals surface area contributed by atoms with Crippen LogP contribution in [0.4, 0.5) is 5.69 Å². The molecule has 0 unspecified atom stereocenters. The Morgan fingerprint density at radius 2 is 1.54 bits per heavy atom. The Hall–Kier alpha value is -3.33. The molecule has 0 aliphatic carbocycles. The highest BCUT2D eigenvalue weighted by molar-refractivity contribution is 5.50. The molecule has 0 saturated carbocycles. The van der Waals surface area contributed by atoms with Gasteiger partial charge in [-0.15, -0.1) is 5.10 Å². The number of rotatable bonds is 10. The minimum atomic E-state index is -0.153. The van der Waals surface area contributed by atoms with Gasteiger partial charge in [-0.2, -0.15) is 0 Å². The third-order valence-electron chi connectivity index (χ3n) is 6.57. The Bertz CT molecular complexity index is 1080. The minimum absolute atomic E-state index is 0.153. The summed E-state index contributed by atoms with van der Waals surface area (Å²) >= 11 is 0. The molecule has 188 valence electrons. The second-order valence-electron chi connectivity index (χ2n) is 9.17. The van der Waals surface area contributed by atoms with Gasteiger partial charge in [0.2, 0.25) is 0 Å². The highest BCUT2D eigenvalue weighted by atomic mass is 16.5. The molecule has 2 aromatic carbocycles. The fourth-order valence-corrected chi connectivity index (χ4v) is 4.53. The number of nitrogens with zero attached hydrogens (tertiary/aromatic N) is 6. The number of hydrogen-bond acceptors (Lipinski definition) is 8. The fourth-order valence-electron chi connectivity index (χ4n) is 4.53. The number of anilines is 1. The number of benzene rings is 2. The molecule has 35 heavy (non-hydrogen) atoms. The summed E-state index contributed by atoms with van der Waals surface area (Å²) in [4.78, 5) is 4.84. The van der Waals surface area contributed by atoms with Gasteiger partial charge >= 0.3 is 0 Å². The van der Waals surface area contributed by atoms with Crippen molar-refractivity contribution in [1.82, 2.24) is 25.1 Å². The van der Waals surface area contributed by atoms with E-state index < -0.39 is 0 Å². The Labute approximate surface area is 207 Å². The molecule has 0 N–H and O–H groups in total. The molecule has 1 saturated heterocycles. The lowest BCUT2D eigenvalue weighted by atomic mass is 10.0. The summed E-state index contributed by atoms with van der Waals surface area (Å²) in [5.74, 6) is 3.83. The summed E-state index contributed by atoms with van der Waals surface area (Å²) in [6, 6.07) is 14.0. The minimum Gasteiger partial charge on any atom is -0.497 e. The van der Waals surface area contributed by atoms with E-state index in [4.69, 9.17) is 14.2 Å². The molecule has 0 amide bonds. The number of hydrogen-bond donors (Lipinski definition) is 0. The second kappa shape index (κ2) is 11.4. The van der Waals surface area contributed by atoms with Gasteiger partial charge in [-0.1, -0.05) is 13.8 Å². The van der Waals surface area contributed by atoms with Crippen LogP contribution in [0, 0.1) is 5.92 Å². The van der Waals surface area contributed by atoms with E-state index in [0.717, 1.165) is 67.8 Å². The molecule has 0 spiro atoms. The van der Waals surface area contributed by atoms with Crippen LogP contribution >= 0.6 is 0 Å². The zero-order valence-corrected chi connectivity index (χ0v) is 21.3. The maximum atomic E-state index is 5.78. The van der Waals surface area contributed by atoms with Crippen molar-refractivity contribution in [2.75, 3.05) is 52.4 Å². The normalized spacial score (nSPS) is 15.3. The maximum Gasteiger partial charge on any atom is 0.173 e. The number of piperazine rings is 1. The smallest absolute Gasteiger partial charge is 0.173 e. The molecular weight excluding hydrogens is 444 g/mol. The summed E-state index contributed by atoms with van der Waals surface area (Å²) in [6.07, 6.45) is 1.01. The third kappa shape index (κ3) is 5.67. The lowest BCUT2D eigenvalue weighted by Crippen LogP contribution is -2.48. The molecule has 3 aromatic rings. The van der Waals surface area contributed by atoms with Gasteiger partial charge in [0.05, 0.1) is 21.3 Å². The summed E-state index contributed by atoms with van der Waals surface area (Å²) in [6.45, 7) is 8.69. The summed E-state index contributed by atoms with van der Waals surface area (Å²) < 4.78 is 18.6. The third-order valence-corrected chi connectivity index (χ3v) is 6.57. The lowest BCUT2D eigenvalue weighted by Gasteiger charge is -2.40. The molecule has 0 radical (unpaired) electrons. The van der Waals surface area contributed by atoms with E-state index in [1.54, 1.807) is 21.3 Å². The highest BCUT2D eigenvalue weighted by Crippen LogP contribution is 2.37. The van der Waals surface area contributed by atoms with Crippen molar-refractivity contribution in [3.05, 3.63) is 53.9 Å². The number of tetrazole rings is 1. The van der Waals surface area contributed by atoms with E-state index >= 15 is 0 Å². The van der Waals surface area contributed by atoms with E-state index in [0.29, 0.717) is 5.92 Å². The monoisotopic (exact) mass is 480 g/mol.